The zero-order valence-corrected chi connectivity index (χ0v) is 21.3. The molecular formula is C24H35N7O6. The van der Waals surface area contributed by atoms with Crippen LogP contribution in [0.1, 0.15) is 37.9 Å². The third kappa shape index (κ3) is 7.08. The van der Waals surface area contributed by atoms with Gasteiger partial charge in [-0.2, -0.15) is 5.43 Å². The summed E-state index contributed by atoms with van der Waals surface area (Å²) in [4.78, 5) is 59.7. The summed E-state index contributed by atoms with van der Waals surface area (Å²) in [6.07, 6.45) is 0.684. The number of hydrogen-bond acceptors (Lipinski definition) is 9. The molecule has 4 amide bonds. The Morgan fingerprint density at radius 1 is 1.08 bits per heavy atom. The van der Waals surface area contributed by atoms with Crippen LogP contribution in [0.25, 0.3) is 0 Å². The molecule has 13 nitrogen and oxygen atoms in total. The number of piperazine rings is 1. The standard InChI is InChI=1S/C24H35N7O6/c1-3-16-36-20(32)8-10-25-23(34)26-19-9-11-30(22(19)33)18-6-4-17(5-7-18)21-27-31(21)37-24(35)29-14-12-28(2)13-15-29/h4-7,19,21,27H,3,8-16H2,1-2H3,(H2,25,26,34)/t19-,21?,31?/m0/s1. The van der Waals surface area contributed by atoms with Crippen LogP contribution in [0.2, 0.25) is 0 Å². The van der Waals surface area contributed by atoms with Crippen molar-refractivity contribution >= 4 is 29.7 Å². The van der Waals surface area contributed by atoms with E-state index in [2.05, 4.69) is 21.0 Å². The number of carbonyl (C=O) groups is 4. The molecule has 202 valence electrons. The summed E-state index contributed by atoms with van der Waals surface area (Å²) in [5.74, 6) is -0.566. The molecule has 0 aliphatic carbocycles. The monoisotopic (exact) mass is 517 g/mol. The second-order valence-electron chi connectivity index (χ2n) is 9.30. The van der Waals surface area contributed by atoms with Crippen molar-refractivity contribution in [3.05, 3.63) is 29.8 Å². The van der Waals surface area contributed by atoms with Gasteiger partial charge in [-0.15, -0.1) is 0 Å². The second kappa shape index (κ2) is 12.2. The first kappa shape index (κ1) is 26.6. The van der Waals surface area contributed by atoms with Gasteiger partial charge in [-0.3, -0.25) is 9.59 Å². The maximum atomic E-state index is 12.8. The molecule has 3 fully saturated rings. The Bertz CT molecular complexity index is 982. The molecule has 1 aromatic rings. The van der Waals surface area contributed by atoms with E-state index >= 15 is 0 Å². The predicted octanol–water partition coefficient (Wildman–Crippen LogP) is 0.552. The van der Waals surface area contributed by atoms with E-state index in [0.29, 0.717) is 32.7 Å². The molecule has 3 aliphatic rings. The highest BCUT2D eigenvalue weighted by atomic mass is 16.8. The summed E-state index contributed by atoms with van der Waals surface area (Å²) in [5.41, 5.74) is 4.63. The number of carbonyl (C=O) groups excluding carboxylic acids is 4. The van der Waals surface area contributed by atoms with Crippen LogP contribution in [0.15, 0.2) is 24.3 Å². The lowest BCUT2D eigenvalue weighted by Crippen LogP contribution is -2.47. The molecule has 4 rings (SSSR count). The summed E-state index contributed by atoms with van der Waals surface area (Å²) in [6, 6.07) is 6.27. The summed E-state index contributed by atoms with van der Waals surface area (Å²) in [5, 5.41) is 6.67. The van der Waals surface area contributed by atoms with Gasteiger partial charge < -0.3 is 34.9 Å². The molecule has 0 radical (unpaired) electrons. The molecule has 0 saturated carbocycles. The highest BCUT2D eigenvalue weighted by molar-refractivity contribution is 6.01. The fourth-order valence-corrected chi connectivity index (χ4v) is 4.19. The Kier molecular flexibility index (Phi) is 8.79. The van der Waals surface area contributed by atoms with Gasteiger partial charge in [0.1, 0.15) is 6.04 Å². The number of hydrogen-bond donors (Lipinski definition) is 3. The molecule has 3 N–H and O–H groups in total. The van der Waals surface area contributed by atoms with Crippen molar-refractivity contribution in [2.24, 2.45) is 0 Å². The average Bonchev–Trinajstić information content (AvgIpc) is 3.57. The van der Waals surface area contributed by atoms with Crippen molar-refractivity contribution in [2.75, 3.05) is 57.8 Å². The number of nitrogens with one attached hydrogen (secondary N) is 3. The van der Waals surface area contributed by atoms with Crippen LogP contribution in [0.4, 0.5) is 15.3 Å². The summed E-state index contributed by atoms with van der Waals surface area (Å²) in [6.45, 7) is 5.79. The van der Waals surface area contributed by atoms with E-state index in [1.807, 2.05) is 38.2 Å². The van der Waals surface area contributed by atoms with Gasteiger partial charge in [0.15, 0.2) is 6.17 Å². The van der Waals surface area contributed by atoms with Gasteiger partial charge in [-0.05, 0) is 42.8 Å². The van der Waals surface area contributed by atoms with Gasteiger partial charge in [0.05, 0.1) is 13.0 Å². The number of rotatable bonds is 9. The van der Waals surface area contributed by atoms with Crippen molar-refractivity contribution in [3.63, 3.8) is 0 Å². The van der Waals surface area contributed by atoms with Crippen LogP contribution >= 0.6 is 0 Å². The third-order valence-electron chi connectivity index (χ3n) is 6.47. The first-order chi connectivity index (χ1) is 17.9. The number of likely N-dealkylation sites (N-methyl/N-ethyl adjacent to an activating group) is 1. The lowest BCUT2D eigenvalue weighted by molar-refractivity contribution is -0.143. The van der Waals surface area contributed by atoms with Gasteiger partial charge in [0.2, 0.25) is 5.91 Å². The molecule has 13 heteroatoms. The van der Waals surface area contributed by atoms with Crippen molar-refractivity contribution in [3.8, 4) is 0 Å². The van der Waals surface area contributed by atoms with E-state index < -0.39 is 12.1 Å². The molecule has 3 saturated heterocycles. The Balaban J connectivity index is 1.19. The molecule has 3 aliphatic heterocycles. The van der Waals surface area contributed by atoms with Crippen LogP contribution in [0, 0.1) is 0 Å². The van der Waals surface area contributed by atoms with Crippen LogP contribution < -0.4 is 21.0 Å². The van der Waals surface area contributed by atoms with Crippen molar-refractivity contribution in [2.45, 2.75) is 38.4 Å². The number of benzene rings is 1. The van der Waals surface area contributed by atoms with Crippen LogP contribution in [-0.2, 0) is 19.2 Å². The summed E-state index contributed by atoms with van der Waals surface area (Å²) < 4.78 is 4.96. The second-order valence-corrected chi connectivity index (χ2v) is 9.30. The van der Waals surface area contributed by atoms with Crippen molar-refractivity contribution in [1.29, 1.82) is 0 Å². The Morgan fingerprint density at radius 3 is 2.51 bits per heavy atom. The summed E-state index contributed by atoms with van der Waals surface area (Å²) >= 11 is 0. The van der Waals surface area contributed by atoms with E-state index in [1.165, 1.54) is 5.17 Å². The Morgan fingerprint density at radius 2 is 1.81 bits per heavy atom. The van der Waals surface area contributed by atoms with E-state index in [1.54, 1.807) is 9.80 Å². The molecule has 0 aromatic heterocycles. The van der Waals surface area contributed by atoms with Gasteiger partial charge >= 0.3 is 18.1 Å². The lowest BCUT2D eigenvalue weighted by Gasteiger charge is -2.31. The molecular weight excluding hydrogens is 482 g/mol. The predicted molar refractivity (Wildman–Crippen MR) is 133 cm³/mol. The minimum absolute atomic E-state index is 0.0762. The van der Waals surface area contributed by atoms with Gasteiger partial charge in [-0.1, -0.05) is 19.1 Å². The maximum Gasteiger partial charge on any atom is 0.430 e. The number of anilines is 1. The van der Waals surface area contributed by atoms with Crippen molar-refractivity contribution in [1.82, 2.24) is 31.0 Å². The highest BCUT2D eigenvalue weighted by Gasteiger charge is 2.41. The first-order valence-corrected chi connectivity index (χ1v) is 12.7. The fraction of sp³-hybridized carbons (Fsp3) is 0.583. The van der Waals surface area contributed by atoms with Gasteiger partial charge in [0.25, 0.3) is 0 Å². The quantitative estimate of drug-likeness (QED) is 0.316. The van der Waals surface area contributed by atoms with E-state index in [9.17, 15) is 19.2 Å². The van der Waals surface area contributed by atoms with Crippen LogP contribution in [0.3, 0.4) is 0 Å². The van der Waals surface area contributed by atoms with Gasteiger partial charge in [-0.25, -0.2) is 9.59 Å². The first-order valence-electron chi connectivity index (χ1n) is 12.7. The molecule has 1 aromatic carbocycles. The largest absolute Gasteiger partial charge is 0.466 e. The number of urea groups is 1. The van der Waals surface area contributed by atoms with Crippen molar-refractivity contribution < 1.29 is 28.8 Å². The highest BCUT2D eigenvalue weighted by Crippen LogP contribution is 2.31. The van der Waals surface area contributed by atoms with E-state index in [0.717, 1.165) is 30.8 Å². The zero-order valence-electron chi connectivity index (χ0n) is 21.3. The molecule has 0 bridgehead atoms. The lowest BCUT2D eigenvalue weighted by atomic mass is 10.2. The Labute approximate surface area is 215 Å². The summed E-state index contributed by atoms with van der Waals surface area (Å²) in [7, 11) is 2.02. The average molecular weight is 518 g/mol. The topological polar surface area (TPSA) is 145 Å². The molecule has 3 atom stereocenters. The third-order valence-corrected chi connectivity index (χ3v) is 6.47. The van der Waals surface area contributed by atoms with Crippen LogP contribution in [0.5, 0.6) is 0 Å². The van der Waals surface area contributed by atoms with E-state index in [-0.39, 0.29) is 37.1 Å². The Hall–Kier alpha value is -3.42. The normalized spacial score (nSPS) is 23.5. The van der Waals surface area contributed by atoms with Gasteiger partial charge in [0, 0.05) is 45.0 Å². The molecule has 37 heavy (non-hydrogen) atoms. The van der Waals surface area contributed by atoms with E-state index in [4.69, 9.17) is 9.57 Å². The SMILES string of the molecule is CCCOC(=O)CCNC(=O)N[C@H]1CCN(c2ccc(C3NN3OC(=O)N3CCN(C)CC3)cc2)C1=O. The number of hydroxylamine groups is 1. The zero-order chi connectivity index (χ0) is 26.4. The minimum atomic E-state index is -0.638. The number of esters is 1. The molecule has 3 heterocycles. The molecule has 2 unspecified atom stereocenters. The van der Waals surface area contributed by atoms with Crippen LogP contribution in [-0.4, -0.2) is 97.9 Å². The number of amides is 4. The minimum Gasteiger partial charge on any atom is -0.466 e. The number of hydrazine groups is 1. The maximum absolute atomic E-state index is 12.8. The number of ether oxygens (including phenoxy) is 1. The smallest absolute Gasteiger partial charge is 0.430 e. The molecule has 0 spiro atoms. The number of nitrogens with zero attached hydrogens (tertiary/aromatic N) is 4. The fourth-order valence-electron chi connectivity index (χ4n) is 4.19.